The quantitative estimate of drug-likeness (QED) is 0.544. The van der Waals surface area contributed by atoms with Gasteiger partial charge in [-0.3, -0.25) is 4.90 Å². The van der Waals surface area contributed by atoms with E-state index in [4.69, 9.17) is 9.15 Å². The molecule has 0 aliphatic carbocycles. The van der Waals surface area contributed by atoms with Crippen molar-refractivity contribution in [2.45, 2.75) is 19.5 Å². The monoisotopic (exact) mass is 384 g/mol. The van der Waals surface area contributed by atoms with Gasteiger partial charge in [-0.1, -0.05) is 60.7 Å². The fraction of sp³-hybridized carbons (Fsp3) is 0.160. The summed E-state index contributed by atoms with van der Waals surface area (Å²) in [6, 6.07) is 26.2. The number of ether oxygens (including phenoxy) is 1. The summed E-state index contributed by atoms with van der Waals surface area (Å²) in [6.07, 6.45) is 0. The minimum atomic E-state index is -0.340. The van der Waals surface area contributed by atoms with Gasteiger partial charge in [-0.15, -0.1) is 0 Å². The zero-order chi connectivity index (χ0) is 19.8. The Hall–Kier alpha value is -3.37. The molecule has 1 aliphatic heterocycles. The second-order valence-corrected chi connectivity index (χ2v) is 7.52. The maximum atomic E-state index is 12.4. The van der Waals surface area contributed by atoms with E-state index in [-0.39, 0.29) is 11.7 Å². The molecule has 0 amide bonds. The summed E-state index contributed by atoms with van der Waals surface area (Å²) >= 11 is 0. The largest absolute Gasteiger partial charge is 0.445 e. The maximum absolute atomic E-state index is 12.4. The summed E-state index contributed by atoms with van der Waals surface area (Å²) < 4.78 is 11.8. The van der Waals surface area contributed by atoms with Crippen molar-refractivity contribution in [3.05, 3.63) is 100 Å². The SMILES string of the molecule is C[C@@H](c1ccccc1)[NH+]1COc2ccc3c(-c4ccccc4)cc(=O)oc3c2C1. The van der Waals surface area contributed by atoms with Crippen molar-refractivity contribution >= 4 is 11.0 Å². The summed E-state index contributed by atoms with van der Waals surface area (Å²) in [7, 11) is 0. The topological polar surface area (TPSA) is 43.9 Å². The number of benzene rings is 3. The molecule has 4 heteroatoms. The Morgan fingerprint density at radius 2 is 1.66 bits per heavy atom. The molecule has 0 bridgehead atoms. The van der Waals surface area contributed by atoms with Crippen LogP contribution in [0.5, 0.6) is 5.75 Å². The highest BCUT2D eigenvalue weighted by atomic mass is 16.5. The molecule has 0 fully saturated rings. The van der Waals surface area contributed by atoms with E-state index in [0.717, 1.165) is 34.4 Å². The van der Waals surface area contributed by atoms with E-state index in [9.17, 15) is 4.79 Å². The van der Waals surface area contributed by atoms with E-state index in [1.165, 1.54) is 10.5 Å². The number of quaternary nitrogens is 1. The fourth-order valence-electron chi connectivity index (χ4n) is 4.13. The van der Waals surface area contributed by atoms with Crippen molar-refractivity contribution in [2.75, 3.05) is 6.73 Å². The molecule has 144 valence electrons. The van der Waals surface area contributed by atoms with Crippen LogP contribution in [0.1, 0.15) is 24.1 Å². The van der Waals surface area contributed by atoms with Crippen LogP contribution in [0.4, 0.5) is 0 Å². The van der Waals surface area contributed by atoms with Gasteiger partial charge >= 0.3 is 5.63 Å². The Morgan fingerprint density at radius 1 is 0.931 bits per heavy atom. The van der Waals surface area contributed by atoms with Crippen LogP contribution in [-0.2, 0) is 6.54 Å². The number of rotatable bonds is 3. The smallest absolute Gasteiger partial charge is 0.336 e. The van der Waals surface area contributed by atoms with Crippen molar-refractivity contribution in [3.8, 4) is 16.9 Å². The summed E-state index contributed by atoms with van der Waals surface area (Å²) in [5, 5.41) is 0.937. The first-order valence-electron chi connectivity index (χ1n) is 9.88. The minimum absolute atomic E-state index is 0.267. The molecule has 4 aromatic rings. The molecule has 3 aromatic carbocycles. The molecule has 1 N–H and O–H groups in total. The van der Waals surface area contributed by atoms with Crippen LogP contribution in [0.15, 0.2) is 88.1 Å². The summed E-state index contributed by atoms with van der Waals surface area (Å²) in [4.78, 5) is 13.7. The average Bonchev–Trinajstić information content (AvgIpc) is 2.79. The molecule has 1 aliphatic rings. The van der Waals surface area contributed by atoms with Crippen LogP contribution < -0.4 is 15.3 Å². The van der Waals surface area contributed by atoms with E-state index >= 15 is 0 Å². The average molecular weight is 384 g/mol. The predicted molar refractivity (Wildman–Crippen MR) is 113 cm³/mol. The third-order valence-electron chi connectivity index (χ3n) is 5.79. The summed E-state index contributed by atoms with van der Waals surface area (Å²) in [5.41, 5.74) is 4.41. The first-order chi connectivity index (χ1) is 14.2. The lowest BCUT2D eigenvalue weighted by Crippen LogP contribution is -3.12. The maximum Gasteiger partial charge on any atom is 0.336 e. The molecular weight excluding hydrogens is 362 g/mol. The summed E-state index contributed by atoms with van der Waals surface area (Å²) in [5.74, 6) is 0.801. The van der Waals surface area contributed by atoms with Gasteiger partial charge in [-0.2, -0.15) is 0 Å². The summed E-state index contributed by atoms with van der Waals surface area (Å²) in [6.45, 7) is 3.52. The Labute approximate surface area is 169 Å². The van der Waals surface area contributed by atoms with Crippen molar-refractivity contribution in [1.82, 2.24) is 0 Å². The Morgan fingerprint density at radius 3 is 2.41 bits per heavy atom. The van der Waals surface area contributed by atoms with Gasteiger partial charge in [-0.05, 0) is 30.2 Å². The lowest BCUT2D eigenvalue weighted by molar-refractivity contribution is -0.960. The molecule has 2 heterocycles. The second-order valence-electron chi connectivity index (χ2n) is 7.52. The van der Waals surface area contributed by atoms with E-state index < -0.39 is 0 Å². The molecule has 29 heavy (non-hydrogen) atoms. The molecule has 1 aromatic heterocycles. The predicted octanol–water partition coefficient (Wildman–Crippen LogP) is 3.96. The molecule has 0 saturated heterocycles. The number of hydrogen-bond donors (Lipinski definition) is 1. The van der Waals surface area contributed by atoms with Gasteiger partial charge in [0.15, 0.2) is 5.58 Å². The Kier molecular flexibility index (Phi) is 4.41. The number of hydrogen-bond acceptors (Lipinski definition) is 3. The van der Waals surface area contributed by atoms with Crippen LogP contribution in [0.3, 0.4) is 0 Å². The van der Waals surface area contributed by atoms with E-state index in [0.29, 0.717) is 12.3 Å². The highest BCUT2D eigenvalue weighted by Crippen LogP contribution is 2.34. The molecule has 0 spiro atoms. The fourth-order valence-corrected chi connectivity index (χ4v) is 4.13. The number of nitrogens with one attached hydrogen (secondary N) is 1. The van der Waals surface area contributed by atoms with E-state index in [2.05, 4.69) is 31.2 Å². The normalized spacial score (nSPS) is 16.8. The first-order valence-corrected chi connectivity index (χ1v) is 9.88. The third kappa shape index (κ3) is 3.22. The van der Waals surface area contributed by atoms with Gasteiger partial charge in [0.05, 0.1) is 5.56 Å². The molecule has 1 unspecified atom stereocenters. The minimum Gasteiger partial charge on any atom is -0.445 e. The van der Waals surface area contributed by atoms with Gasteiger partial charge in [0, 0.05) is 17.0 Å². The zero-order valence-corrected chi connectivity index (χ0v) is 16.2. The van der Waals surface area contributed by atoms with Gasteiger partial charge < -0.3 is 9.15 Å². The zero-order valence-electron chi connectivity index (χ0n) is 16.2. The third-order valence-corrected chi connectivity index (χ3v) is 5.79. The van der Waals surface area contributed by atoms with Crippen LogP contribution in [0.2, 0.25) is 0 Å². The first kappa shape index (κ1) is 17.7. The van der Waals surface area contributed by atoms with Crippen molar-refractivity contribution < 1.29 is 14.1 Å². The highest BCUT2D eigenvalue weighted by Gasteiger charge is 2.29. The van der Waals surface area contributed by atoms with Crippen molar-refractivity contribution in [2.24, 2.45) is 0 Å². The van der Waals surface area contributed by atoms with Crippen LogP contribution in [-0.4, -0.2) is 6.73 Å². The molecule has 0 radical (unpaired) electrons. The van der Waals surface area contributed by atoms with E-state index in [1.54, 1.807) is 6.07 Å². The van der Waals surface area contributed by atoms with Crippen LogP contribution in [0.25, 0.3) is 22.1 Å². The lowest BCUT2D eigenvalue weighted by Gasteiger charge is -2.31. The van der Waals surface area contributed by atoms with E-state index in [1.807, 2.05) is 48.5 Å². The number of fused-ring (bicyclic) bond motifs is 3. The molecule has 4 nitrogen and oxygen atoms in total. The van der Waals surface area contributed by atoms with Crippen molar-refractivity contribution in [1.29, 1.82) is 0 Å². The molecule has 2 atom stereocenters. The van der Waals surface area contributed by atoms with Gasteiger partial charge in [0.25, 0.3) is 0 Å². The van der Waals surface area contributed by atoms with Gasteiger partial charge in [0.2, 0.25) is 6.73 Å². The Bertz CT molecular complexity index is 1220. The van der Waals surface area contributed by atoms with Crippen LogP contribution in [0, 0.1) is 0 Å². The lowest BCUT2D eigenvalue weighted by atomic mass is 9.98. The molecule has 5 rings (SSSR count). The second kappa shape index (κ2) is 7.22. The van der Waals surface area contributed by atoms with Crippen LogP contribution >= 0.6 is 0 Å². The molecule has 0 saturated carbocycles. The highest BCUT2D eigenvalue weighted by molar-refractivity contribution is 5.95. The standard InChI is InChI=1S/C25H21NO3/c1-17(18-8-4-2-5-9-18)26-15-22-23(28-16-26)13-12-20-21(14-24(27)29-25(20)22)19-10-6-3-7-11-19/h2-14,17H,15-16H2,1H3/p+1/t17-/m0/s1. The Balaban J connectivity index is 1.61. The van der Waals surface area contributed by atoms with Gasteiger partial charge in [-0.25, -0.2) is 4.79 Å². The van der Waals surface area contributed by atoms with Gasteiger partial charge in [0.1, 0.15) is 18.3 Å². The molecular formula is C25H22NO3+. The van der Waals surface area contributed by atoms with Crippen molar-refractivity contribution in [3.63, 3.8) is 0 Å².